The number of phenolic OH excluding ortho intramolecular Hbond substituents is 1. The smallest absolute Gasteiger partial charge is 0.254 e. The van der Waals surface area contributed by atoms with E-state index in [1.807, 2.05) is 6.92 Å². The van der Waals surface area contributed by atoms with E-state index in [1.54, 1.807) is 0 Å². The zero-order chi connectivity index (χ0) is 14.6. The van der Waals surface area contributed by atoms with E-state index in [-0.39, 0.29) is 6.54 Å². The standard InChI is InChI=1S/C12H15F3N2O2/c1-2-3-6(5-16)17-12(19)7-4-8(13)10(15)11(18)9(7)14/h4,6,18H,2-3,5,16H2,1H3,(H,17,19). The summed E-state index contributed by atoms with van der Waals surface area (Å²) >= 11 is 0. The Bertz CT molecular complexity index is 481. The second-order valence-electron chi connectivity index (χ2n) is 4.08. The molecule has 0 saturated carbocycles. The van der Waals surface area contributed by atoms with Crippen LogP contribution in [-0.4, -0.2) is 23.6 Å². The van der Waals surface area contributed by atoms with Crippen LogP contribution in [0.1, 0.15) is 30.1 Å². The van der Waals surface area contributed by atoms with Crippen molar-refractivity contribution in [2.45, 2.75) is 25.8 Å². The molecule has 0 spiro atoms. The zero-order valence-corrected chi connectivity index (χ0v) is 10.3. The van der Waals surface area contributed by atoms with Crippen LogP contribution in [0.3, 0.4) is 0 Å². The second kappa shape index (κ2) is 6.42. The average molecular weight is 276 g/mol. The van der Waals surface area contributed by atoms with Crippen molar-refractivity contribution in [1.29, 1.82) is 0 Å². The summed E-state index contributed by atoms with van der Waals surface area (Å²) < 4.78 is 39.4. The van der Waals surface area contributed by atoms with Gasteiger partial charge in [-0.2, -0.15) is 4.39 Å². The highest BCUT2D eigenvalue weighted by atomic mass is 19.2. The first kappa shape index (κ1) is 15.3. The van der Waals surface area contributed by atoms with Crippen LogP contribution in [0.25, 0.3) is 0 Å². The van der Waals surface area contributed by atoms with Crippen molar-refractivity contribution >= 4 is 5.91 Å². The van der Waals surface area contributed by atoms with Crippen LogP contribution < -0.4 is 11.1 Å². The second-order valence-corrected chi connectivity index (χ2v) is 4.08. The first-order valence-corrected chi connectivity index (χ1v) is 5.79. The minimum Gasteiger partial charge on any atom is -0.503 e. The summed E-state index contributed by atoms with van der Waals surface area (Å²) in [5.74, 6) is -7.17. The zero-order valence-electron chi connectivity index (χ0n) is 10.3. The van der Waals surface area contributed by atoms with Crippen LogP contribution in [0, 0.1) is 17.5 Å². The third-order valence-corrected chi connectivity index (χ3v) is 2.63. The number of aromatic hydroxyl groups is 1. The number of halogens is 3. The molecule has 1 amide bonds. The molecule has 7 heteroatoms. The molecule has 0 radical (unpaired) electrons. The van der Waals surface area contributed by atoms with Crippen molar-refractivity contribution in [3.63, 3.8) is 0 Å². The van der Waals surface area contributed by atoms with Gasteiger partial charge >= 0.3 is 0 Å². The van der Waals surface area contributed by atoms with Crippen LogP contribution in [0.15, 0.2) is 6.07 Å². The Kier molecular flexibility index (Phi) is 5.17. The quantitative estimate of drug-likeness (QED) is 0.716. The van der Waals surface area contributed by atoms with Gasteiger partial charge in [0, 0.05) is 12.6 Å². The van der Waals surface area contributed by atoms with E-state index in [4.69, 9.17) is 10.8 Å². The summed E-state index contributed by atoms with van der Waals surface area (Å²) in [5, 5.41) is 11.4. The number of rotatable bonds is 5. The first-order chi connectivity index (χ1) is 8.92. The predicted molar refractivity (Wildman–Crippen MR) is 63.2 cm³/mol. The van der Waals surface area contributed by atoms with E-state index in [0.29, 0.717) is 12.5 Å². The lowest BCUT2D eigenvalue weighted by Crippen LogP contribution is -2.40. The highest BCUT2D eigenvalue weighted by Gasteiger charge is 2.23. The van der Waals surface area contributed by atoms with Gasteiger partial charge in [-0.3, -0.25) is 4.79 Å². The van der Waals surface area contributed by atoms with Crippen molar-refractivity contribution in [1.82, 2.24) is 5.32 Å². The number of phenols is 1. The van der Waals surface area contributed by atoms with Crippen LogP contribution in [0.5, 0.6) is 5.75 Å². The molecule has 1 rings (SSSR count). The molecule has 19 heavy (non-hydrogen) atoms. The molecule has 0 aliphatic heterocycles. The molecule has 0 aliphatic rings. The number of nitrogens with two attached hydrogens (primary N) is 1. The SMILES string of the molecule is CCCC(CN)NC(=O)c1cc(F)c(F)c(O)c1F. The monoisotopic (exact) mass is 276 g/mol. The van der Waals surface area contributed by atoms with Crippen molar-refractivity contribution in [2.24, 2.45) is 5.73 Å². The molecule has 0 saturated heterocycles. The maximum atomic E-state index is 13.5. The van der Waals surface area contributed by atoms with Gasteiger partial charge in [-0.1, -0.05) is 13.3 Å². The predicted octanol–water partition coefficient (Wildman–Crippen LogP) is 1.67. The first-order valence-electron chi connectivity index (χ1n) is 5.79. The molecule has 0 aromatic heterocycles. The summed E-state index contributed by atoms with van der Waals surface area (Å²) in [5.41, 5.74) is 4.66. The minimum atomic E-state index is -1.72. The van der Waals surface area contributed by atoms with E-state index in [0.717, 1.165) is 6.42 Å². The van der Waals surface area contributed by atoms with Gasteiger partial charge < -0.3 is 16.2 Å². The van der Waals surface area contributed by atoms with Crippen LogP contribution in [-0.2, 0) is 0 Å². The third kappa shape index (κ3) is 3.37. The molecule has 1 atom stereocenters. The fourth-order valence-electron chi connectivity index (χ4n) is 1.62. The van der Waals surface area contributed by atoms with Crippen molar-refractivity contribution in [3.05, 3.63) is 29.1 Å². The summed E-state index contributed by atoms with van der Waals surface area (Å²) in [7, 11) is 0. The number of amides is 1. The lowest BCUT2D eigenvalue weighted by atomic mass is 10.1. The van der Waals surface area contributed by atoms with Crippen molar-refractivity contribution in [3.8, 4) is 5.75 Å². The third-order valence-electron chi connectivity index (χ3n) is 2.63. The normalized spacial score (nSPS) is 12.3. The average Bonchev–Trinajstić information content (AvgIpc) is 2.39. The van der Waals surface area contributed by atoms with Gasteiger partial charge in [-0.15, -0.1) is 0 Å². The highest BCUT2D eigenvalue weighted by Crippen LogP contribution is 2.25. The van der Waals surface area contributed by atoms with Gasteiger partial charge in [-0.05, 0) is 12.5 Å². The molecule has 1 aromatic carbocycles. The van der Waals surface area contributed by atoms with Crippen LogP contribution in [0.2, 0.25) is 0 Å². The lowest BCUT2D eigenvalue weighted by Gasteiger charge is -2.16. The van der Waals surface area contributed by atoms with Crippen LogP contribution >= 0.6 is 0 Å². The number of hydrogen-bond acceptors (Lipinski definition) is 3. The molecular formula is C12H15F3N2O2. The number of benzene rings is 1. The van der Waals surface area contributed by atoms with E-state index >= 15 is 0 Å². The summed E-state index contributed by atoms with van der Waals surface area (Å²) in [6.07, 6.45) is 1.31. The maximum Gasteiger partial charge on any atom is 0.254 e. The molecule has 4 nitrogen and oxygen atoms in total. The Hall–Kier alpha value is -1.76. The van der Waals surface area contributed by atoms with Crippen molar-refractivity contribution < 1.29 is 23.1 Å². The number of nitrogens with one attached hydrogen (secondary N) is 1. The molecule has 0 bridgehead atoms. The topological polar surface area (TPSA) is 75.3 Å². The van der Waals surface area contributed by atoms with Crippen molar-refractivity contribution in [2.75, 3.05) is 6.54 Å². The number of hydrogen-bond donors (Lipinski definition) is 3. The van der Waals surface area contributed by atoms with E-state index in [1.165, 1.54) is 0 Å². The molecule has 4 N–H and O–H groups in total. The largest absolute Gasteiger partial charge is 0.503 e. The maximum absolute atomic E-state index is 13.5. The van der Waals surface area contributed by atoms with E-state index in [9.17, 15) is 18.0 Å². The van der Waals surface area contributed by atoms with Crippen LogP contribution in [0.4, 0.5) is 13.2 Å². The van der Waals surface area contributed by atoms with Gasteiger partial charge in [0.25, 0.3) is 5.91 Å². The molecule has 106 valence electrons. The number of carbonyl (C=O) groups excluding carboxylic acids is 1. The van der Waals surface area contributed by atoms with E-state index < -0.39 is 40.7 Å². The van der Waals surface area contributed by atoms with Gasteiger partial charge in [0.1, 0.15) is 0 Å². The molecule has 0 heterocycles. The summed E-state index contributed by atoms with van der Waals surface area (Å²) in [6.45, 7) is 2.01. The Labute approximate surface area is 108 Å². The van der Waals surface area contributed by atoms with Gasteiger partial charge in [0.05, 0.1) is 5.56 Å². The molecule has 1 aromatic rings. The Morgan fingerprint density at radius 3 is 2.58 bits per heavy atom. The summed E-state index contributed by atoms with van der Waals surface area (Å²) in [6, 6.07) is 0.00588. The molecule has 1 unspecified atom stereocenters. The van der Waals surface area contributed by atoms with Gasteiger partial charge in [0.2, 0.25) is 5.82 Å². The summed E-state index contributed by atoms with van der Waals surface area (Å²) in [4.78, 5) is 11.7. The molecule has 0 aliphatic carbocycles. The Morgan fingerprint density at radius 2 is 2.05 bits per heavy atom. The minimum absolute atomic E-state index is 0.136. The molecular weight excluding hydrogens is 261 g/mol. The fourth-order valence-corrected chi connectivity index (χ4v) is 1.62. The van der Waals surface area contributed by atoms with Gasteiger partial charge in [-0.25, -0.2) is 8.78 Å². The van der Waals surface area contributed by atoms with Gasteiger partial charge in [0.15, 0.2) is 17.4 Å². The Morgan fingerprint density at radius 1 is 1.42 bits per heavy atom. The lowest BCUT2D eigenvalue weighted by molar-refractivity contribution is 0.0930. The highest BCUT2D eigenvalue weighted by molar-refractivity contribution is 5.95. The Balaban J connectivity index is 3.00. The number of carbonyl (C=O) groups is 1. The molecule has 0 fully saturated rings. The fraction of sp³-hybridized carbons (Fsp3) is 0.417. The van der Waals surface area contributed by atoms with E-state index in [2.05, 4.69) is 5.32 Å².